The highest BCUT2D eigenvalue weighted by Gasteiger charge is 2.16. The van der Waals surface area contributed by atoms with Crippen molar-refractivity contribution >= 4 is 16.7 Å². The highest BCUT2D eigenvalue weighted by molar-refractivity contribution is 6.00. The summed E-state index contributed by atoms with van der Waals surface area (Å²) in [6, 6.07) is 9.82. The second-order valence-electron chi connectivity index (χ2n) is 4.29. The molecule has 0 bridgehead atoms. The van der Waals surface area contributed by atoms with Crippen molar-refractivity contribution in [1.29, 1.82) is 0 Å². The fourth-order valence-electron chi connectivity index (χ4n) is 2.10. The van der Waals surface area contributed by atoms with Crippen molar-refractivity contribution in [1.82, 2.24) is 4.98 Å². The number of carbonyl (C=O) groups excluding carboxylic acids is 1. The monoisotopic (exact) mass is 227 g/mol. The van der Waals surface area contributed by atoms with E-state index in [0.29, 0.717) is 0 Å². The second kappa shape index (κ2) is 5.09. The van der Waals surface area contributed by atoms with Gasteiger partial charge in [-0.15, -0.1) is 0 Å². The summed E-state index contributed by atoms with van der Waals surface area (Å²) in [7, 11) is 0. The molecule has 0 saturated carbocycles. The number of hydrogen-bond donors (Lipinski definition) is 0. The number of rotatable bonds is 4. The molecule has 1 aromatic heterocycles. The minimum absolute atomic E-state index is 0.123. The number of ketones is 1. The number of carbonyl (C=O) groups is 1. The molecule has 0 aliphatic heterocycles. The van der Waals surface area contributed by atoms with E-state index in [0.717, 1.165) is 29.3 Å². The molecule has 2 aromatic rings. The molecule has 0 fully saturated rings. The molecular formula is C15H17NO. The van der Waals surface area contributed by atoms with Crippen LogP contribution in [0.2, 0.25) is 0 Å². The fourth-order valence-corrected chi connectivity index (χ4v) is 2.10. The predicted molar refractivity (Wildman–Crippen MR) is 70.1 cm³/mol. The van der Waals surface area contributed by atoms with Gasteiger partial charge in [-0.05, 0) is 25.0 Å². The fraction of sp³-hybridized carbons (Fsp3) is 0.333. The van der Waals surface area contributed by atoms with Gasteiger partial charge in [0.05, 0.1) is 5.52 Å². The summed E-state index contributed by atoms with van der Waals surface area (Å²) >= 11 is 0. The summed E-state index contributed by atoms with van der Waals surface area (Å²) in [5.41, 5.74) is 1.67. The van der Waals surface area contributed by atoms with E-state index in [1.165, 1.54) is 0 Å². The zero-order valence-electron chi connectivity index (χ0n) is 10.3. The Morgan fingerprint density at radius 1 is 1.24 bits per heavy atom. The van der Waals surface area contributed by atoms with Crippen molar-refractivity contribution in [2.75, 3.05) is 0 Å². The lowest BCUT2D eigenvalue weighted by Crippen LogP contribution is -2.13. The maximum Gasteiger partial charge on any atom is 0.167 e. The third kappa shape index (κ3) is 2.36. The first-order valence-electron chi connectivity index (χ1n) is 6.15. The molecule has 0 saturated heterocycles. The molecule has 0 atom stereocenters. The Bertz CT molecular complexity index is 529. The molecule has 0 aliphatic carbocycles. The van der Waals surface area contributed by atoms with Crippen molar-refractivity contribution in [2.24, 2.45) is 5.92 Å². The number of aromatic nitrogens is 1. The molecule has 0 spiro atoms. The number of hydrogen-bond acceptors (Lipinski definition) is 2. The van der Waals surface area contributed by atoms with Crippen molar-refractivity contribution < 1.29 is 4.79 Å². The number of para-hydroxylation sites is 1. The first-order chi connectivity index (χ1) is 8.26. The van der Waals surface area contributed by atoms with Gasteiger partial charge in [-0.3, -0.25) is 9.78 Å². The predicted octanol–water partition coefficient (Wildman–Crippen LogP) is 3.85. The van der Waals surface area contributed by atoms with E-state index >= 15 is 0 Å². The second-order valence-corrected chi connectivity index (χ2v) is 4.29. The number of Topliss-reactive ketones (excluding diaryl/α,β-unsaturated/α-hetero) is 1. The van der Waals surface area contributed by atoms with E-state index in [1.807, 2.05) is 30.3 Å². The third-order valence-electron chi connectivity index (χ3n) is 3.23. The molecule has 2 nitrogen and oxygen atoms in total. The average Bonchev–Trinajstić information content (AvgIpc) is 2.39. The summed E-state index contributed by atoms with van der Waals surface area (Å²) in [5, 5.41) is 1.03. The number of nitrogens with zero attached hydrogens (tertiary/aromatic N) is 1. The maximum absolute atomic E-state index is 12.2. The zero-order valence-corrected chi connectivity index (χ0v) is 10.3. The lowest BCUT2D eigenvalue weighted by atomic mass is 9.93. The topological polar surface area (TPSA) is 30.0 Å². The third-order valence-corrected chi connectivity index (χ3v) is 3.23. The zero-order chi connectivity index (χ0) is 12.3. The largest absolute Gasteiger partial charge is 0.294 e. The Hall–Kier alpha value is -1.70. The van der Waals surface area contributed by atoms with Crippen molar-refractivity contribution in [3.05, 3.63) is 42.1 Å². The SMILES string of the molecule is CCC(CC)C(=O)c1cnc2ccccc2c1. The quantitative estimate of drug-likeness (QED) is 0.742. The average molecular weight is 227 g/mol. The van der Waals surface area contributed by atoms with Crippen molar-refractivity contribution in [2.45, 2.75) is 26.7 Å². The van der Waals surface area contributed by atoms with Crippen molar-refractivity contribution in [3.63, 3.8) is 0 Å². The minimum Gasteiger partial charge on any atom is -0.294 e. The van der Waals surface area contributed by atoms with Crippen LogP contribution >= 0.6 is 0 Å². The van der Waals surface area contributed by atoms with Gasteiger partial charge in [0.15, 0.2) is 5.78 Å². The Kier molecular flexibility index (Phi) is 3.52. The van der Waals surface area contributed by atoms with Gasteiger partial charge in [0.1, 0.15) is 0 Å². The number of benzene rings is 1. The van der Waals surface area contributed by atoms with Crippen LogP contribution in [-0.4, -0.2) is 10.8 Å². The highest BCUT2D eigenvalue weighted by atomic mass is 16.1. The van der Waals surface area contributed by atoms with Crippen LogP contribution in [0.4, 0.5) is 0 Å². The van der Waals surface area contributed by atoms with Gasteiger partial charge in [-0.1, -0.05) is 32.0 Å². The smallest absolute Gasteiger partial charge is 0.167 e. The van der Waals surface area contributed by atoms with Crippen LogP contribution < -0.4 is 0 Å². The van der Waals surface area contributed by atoms with Gasteiger partial charge < -0.3 is 0 Å². The Labute approximate surface area is 102 Å². The summed E-state index contributed by atoms with van der Waals surface area (Å²) in [6.07, 6.45) is 3.48. The standard InChI is InChI=1S/C15H17NO/c1-3-11(4-2)15(17)13-9-12-7-5-6-8-14(12)16-10-13/h5-11H,3-4H2,1-2H3. The molecule has 1 aromatic carbocycles. The van der Waals surface area contributed by atoms with Crippen molar-refractivity contribution in [3.8, 4) is 0 Å². The molecule has 2 heteroatoms. The Morgan fingerprint density at radius 3 is 2.65 bits per heavy atom. The van der Waals surface area contributed by atoms with Gasteiger partial charge >= 0.3 is 0 Å². The molecule has 2 rings (SSSR count). The van der Waals surface area contributed by atoms with E-state index in [-0.39, 0.29) is 11.7 Å². The first kappa shape index (κ1) is 11.8. The van der Waals surface area contributed by atoms with E-state index in [2.05, 4.69) is 18.8 Å². The molecule has 88 valence electrons. The van der Waals surface area contributed by atoms with Crippen LogP contribution in [0.25, 0.3) is 10.9 Å². The summed E-state index contributed by atoms with van der Waals surface area (Å²) in [5.74, 6) is 0.339. The van der Waals surface area contributed by atoms with Gasteiger partial charge in [0.25, 0.3) is 0 Å². The highest BCUT2D eigenvalue weighted by Crippen LogP contribution is 2.18. The normalized spacial score (nSPS) is 11.0. The van der Waals surface area contributed by atoms with E-state index in [1.54, 1.807) is 6.20 Å². The van der Waals surface area contributed by atoms with E-state index in [9.17, 15) is 4.79 Å². The van der Waals surface area contributed by atoms with Crippen LogP contribution in [0.5, 0.6) is 0 Å². The Morgan fingerprint density at radius 2 is 1.94 bits per heavy atom. The van der Waals surface area contributed by atoms with E-state index < -0.39 is 0 Å². The van der Waals surface area contributed by atoms with E-state index in [4.69, 9.17) is 0 Å². The summed E-state index contributed by atoms with van der Waals surface area (Å²) in [6.45, 7) is 4.11. The molecule has 0 aliphatic rings. The molecule has 0 amide bonds. The van der Waals surface area contributed by atoms with Crippen LogP contribution in [0, 0.1) is 5.92 Å². The van der Waals surface area contributed by atoms with Crippen LogP contribution in [0.15, 0.2) is 36.5 Å². The molecule has 0 radical (unpaired) electrons. The first-order valence-corrected chi connectivity index (χ1v) is 6.15. The van der Waals surface area contributed by atoms with Crippen LogP contribution in [0.1, 0.15) is 37.0 Å². The van der Waals surface area contributed by atoms with Crippen LogP contribution in [-0.2, 0) is 0 Å². The lowest BCUT2D eigenvalue weighted by Gasteiger charge is -2.11. The lowest BCUT2D eigenvalue weighted by molar-refractivity contribution is 0.0913. The molecule has 0 N–H and O–H groups in total. The minimum atomic E-state index is 0.123. The van der Waals surface area contributed by atoms with Gasteiger partial charge in [0, 0.05) is 23.1 Å². The molecule has 17 heavy (non-hydrogen) atoms. The Balaban J connectivity index is 2.39. The van der Waals surface area contributed by atoms with Gasteiger partial charge in [0.2, 0.25) is 0 Å². The number of pyridine rings is 1. The van der Waals surface area contributed by atoms with Crippen LogP contribution in [0.3, 0.4) is 0 Å². The summed E-state index contributed by atoms with van der Waals surface area (Å²) < 4.78 is 0. The maximum atomic E-state index is 12.2. The molecular weight excluding hydrogens is 210 g/mol. The van der Waals surface area contributed by atoms with Gasteiger partial charge in [-0.25, -0.2) is 0 Å². The molecule has 1 heterocycles. The number of fused-ring (bicyclic) bond motifs is 1. The summed E-state index contributed by atoms with van der Waals surface area (Å²) in [4.78, 5) is 16.5. The molecule has 0 unspecified atom stereocenters. The van der Waals surface area contributed by atoms with Gasteiger partial charge in [-0.2, -0.15) is 0 Å².